The molecular weight excluding hydrogens is 310 g/mol. The van der Waals surface area contributed by atoms with E-state index in [2.05, 4.69) is 46.6 Å². The number of piperidine rings is 1. The molecule has 0 aromatic carbocycles. The monoisotopic (exact) mass is 351 g/mol. The van der Waals surface area contributed by atoms with Gasteiger partial charge < -0.3 is 4.74 Å². The van der Waals surface area contributed by atoms with Crippen molar-refractivity contribution in [1.82, 2.24) is 4.90 Å². The van der Waals surface area contributed by atoms with Crippen molar-refractivity contribution >= 4 is 5.97 Å². The minimum atomic E-state index is -0.177. The number of ether oxygens (including phenoxy) is 1. The molecule has 0 amide bonds. The van der Waals surface area contributed by atoms with Crippen LogP contribution in [0.3, 0.4) is 0 Å². The third-order valence-electron chi connectivity index (χ3n) is 5.78. The van der Waals surface area contributed by atoms with Crippen LogP contribution >= 0.6 is 0 Å². The number of carbonyl (C=O) groups is 1. The van der Waals surface area contributed by atoms with E-state index >= 15 is 0 Å². The molecular formula is C22H41NO2. The van der Waals surface area contributed by atoms with Gasteiger partial charge >= 0.3 is 5.97 Å². The van der Waals surface area contributed by atoms with Gasteiger partial charge in [0.1, 0.15) is 6.10 Å². The van der Waals surface area contributed by atoms with Crippen LogP contribution in [0.5, 0.6) is 0 Å². The van der Waals surface area contributed by atoms with Crippen LogP contribution in [0, 0.1) is 0 Å². The van der Waals surface area contributed by atoms with E-state index in [0.29, 0.717) is 0 Å². The maximum absolute atomic E-state index is 12.1. The van der Waals surface area contributed by atoms with Gasteiger partial charge in [0.25, 0.3) is 0 Å². The summed E-state index contributed by atoms with van der Waals surface area (Å²) in [5, 5.41) is 0. The highest BCUT2D eigenvalue weighted by molar-refractivity contribution is 5.82. The van der Waals surface area contributed by atoms with E-state index in [1.807, 2.05) is 6.08 Å². The van der Waals surface area contributed by atoms with E-state index in [9.17, 15) is 4.79 Å². The van der Waals surface area contributed by atoms with Crippen molar-refractivity contribution in [3.05, 3.63) is 12.2 Å². The van der Waals surface area contributed by atoms with Crippen molar-refractivity contribution < 1.29 is 9.53 Å². The normalized spacial score (nSPS) is 20.9. The Hall–Kier alpha value is -0.830. The molecule has 1 aliphatic rings. The highest BCUT2D eigenvalue weighted by Gasteiger charge is 2.44. The molecule has 0 saturated carbocycles. The molecule has 3 nitrogen and oxygen atoms in total. The van der Waals surface area contributed by atoms with Gasteiger partial charge in [-0.3, -0.25) is 4.90 Å². The van der Waals surface area contributed by atoms with Crippen LogP contribution in [0.4, 0.5) is 0 Å². The van der Waals surface area contributed by atoms with Gasteiger partial charge in [0, 0.05) is 30.0 Å². The Balaban J connectivity index is 2.25. The average molecular weight is 352 g/mol. The van der Waals surface area contributed by atoms with Crippen LogP contribution in [0.1, 0.15) is 98.8 Å². The second-order valence-corrected chi connectivity index (χ2v) is 8.96. The number of rotatable bonds is 10. The quantitative estimate of drug-likeness (QED) is 0.280. The molecule has 1 fully saturated rings. The van der Waals surface area contributed by atoms with Gasteiger partial charge in [-0.05, 0) is 47.6 Å². The van der Waals surface area contributed by atoms with E-state index in [1.165, 1.54) is 44.9 Å². The van der Waals surface area contributed by atoms with Crippen LogP contribution in [0.25, 0.3) is 0 Å². The molecule has 0 atom stereocenters. The molecule has 0 spiro atoms. The summed E-state index contributed by atoms with van der Waals surface area (Å²) in [6, 6.07) is 0. The average Bonchev–Trinajstić information content (AvgIpc) is 2.50. The van der Waals surface area contributed by atoms with Crippen molar-refractivity contribution in [3.8, 4) is 0 Å². The van der Waals surface area contributed by atoms with Crippen LogP contribution < -0.4 is 0 Å². The lowest BCUT2D eigenvalue weighted by Crippen LogP contribution is -2.60. The first kappa shape index (κ1) is 22.2. The number of hydrogen-bond donors (Lipinski definition) is 0. The lowest BCUT2D eigenvalue weighted by Gasteiger charge is -2.53. The van der Waals surface area contributed by atoms with Crippen molar-refractivity contribution in [2.75, 3.05) is 7.05 Å². The Bertz CT molecular complexity index is 408. The van der Waals surface area contributed by atoms with Crippen LogP contribution in [0.15, 0.2) is 12.2 Å². The third-order valence-corrected chi connectivity index (χ3v) is 5.78. The first-order valence-electron chi connectivity index (χ1n) is 10.3. The maximum Gasteiger partial charge on any atom is 0.330 e. The van der Waals surface area contributed by atoms with E-state index in [-0.39, 0.29) is 23.2 Å². The topological polar surface area (TPSA) is 29.5 Å². The Morgan fingerprint density at radius 2 is 1.52 bits per heavy atom. The first-order chi connectivity index (χ1) is 11.7. The fourth-order valence-electron chi connectivity index (χ4n) is 3.97. The summed E-state index contributed by atoms with van der Waals surface area (Å²) in [6.07, 6.45) is 15.5. The minimum absolute atomic E-state index is 0.0110. The van der Waals surface area contributed by atoms with E-state index < -0.39 is 0 Å². The lowest BCUT2D eigenvalue weighted by molar-refractivity contribution is -0.153. The number of carbonyl (C=O) groups excluding carboxylic acids is 1. The molecule has 1 heterocycles. The summed E-state index contributed by atoms with van der Waals surface area (Å²) in [6.45, 7) is 11.2. The molecule has 1 saturated heterocycles. The third kappa shape index (κ3) is 7.94. The molecule has 0 aromatic heterocycles. The highest BCUT2D eigenvalue weighted by atomic mass is 16.5. The molecule has 3 heteroatoms. The predicted octanol–water partition coefficient (Wildman–Crippen LogP) is 5.88. The summed E-state index contributed by atoms with van der Waals surface area (Å²) in [7, 11) is 2.17. The standard InChI is InChI=1S/C22H41NO2/c1-7-8-9-10-11-12-13-14-15-16-20(24)25-19-17-21(2,3)23(6)22(4,5)18-19/h15-16,19H,7-14,17-18H2,1-6H3. The zero-order valence-corrected chi connectivity index (χ0v) is 17.6. The molecule has 1 rings (SSSR count). The van der Waals surface area contributed by atoms with Crippen LogP contribution in [0.2, 0.25) is 0 Å². The fraction of sp³-hybridized carbons (Fsp3) is 0.864. The highest BCUT2D eigenvalue weighted by Crippen LogP contribution is 2.38. The number of allylic oxidation sites excluding steroid dienone is 1. The number of unbranched alkanes of at least 4 members (excludes halogenated alkanes) is 7. The van der Waals surface area contributed by atoms with Gasteiger partial charge in [-0.15, -0.1) is 0 Å². The van der Waals surface area contributed by atoms with Crippen molar-refractivity contribution in [2.24, 2.45) is 0 Å². The molecule has 25 heavy (non-hydrogen) atoms. The summed E-state index contributed by atoms with van der Waals surface area (Å²) in [4.78, 5) is 14.5. The Kier molecular flexibility index (Phi) is 9.20. The molecule has 146 valence electrons. The zero-order valence-electron chi connectivity index (χ0n) is 17.6. The SMILES string of the molecule is CCCCCCCCCC=CC(=O)OC1CC(C)(C)N(C)C(C)(C)C1. The molecule has 1 aliphatic heterocycles. The molecule has 0 bridgehead atoms. The van der Waals surface area contributed by atoms with Crippen molar-refractivity contribution in [3.63, 3.8) is 0 Å². The summed E-state index contributed by atoms with van der Waals surface area (Å²) in [5.41, 5.74) is 0.0996. The van der Waals surface area contributed by atoms with Crippen molar-refractivity contribution in [1.29, 1.82) is 0 Å². The van der Waals surface area contributed by atoms with Crippen LogP contribution in [-0.4, -0.2) is 35.1 Å². The van der Waals surface area contributed by atoms with Gasteiger partial charge in [0.2, 0.25) is 0 Å². The Morgan fingerprint density at radius 3 is 2.08 bits per heavy atom. The molecule has 0 N–H and O–H groups in total. The number of likely N-dealkylation sites (tertiary alicyclic amines) is 1. The lowest BCUT2D eigenvalue weighted by atomic mass is 9.79. The largest absolute Gasteiger partial charge is 0.459 e. The molecule has 0 aromatic rings. The predicted molar refractivity (Wildman–Crippen MR) is 107 cm³/mol. The molecule has 0 unspecified atom stereocenters. The van der Waals surface area contributed by atoms with Gasteiger partial charge in [-0.1, -0.05) is 51.5 Å². The number of hydrogen-bond acceptors (Lipinski definition) is 3. The van der Waals surface area contributed by atoms with Crippen LogP contribution in [-0.2, 0) is 9.53 Å². The summed E-state index contributed by atoms with van der Waals surface area (Å²) in [5.74, 6) is -0.177. The number of esters is 1. The van der Waals surface area contributed by atoms with E-state index in [1.54, 1.807) is 6.08 Å². The summed E-state index contributed by atoms with van der Waals surface area (Å²) < 4.78 is 5.73. The molecule has 0 aliphatic carbocycles. The van der Waals surface area contributed by atoms with E-state index in [0.717, 1.165) is 19.3 Å². The first-order valence-corrected chi connectivity index (χ1v) is 10.3. The Morgan fingerprint density at radius 1 is 1.00 bits per heavy atom. The minimum Gasteiger partial charge on any atom is -0.459 e. The fourth-order valence-corrected chi connectivity index (χ4v) is 3.97. The number of nitrogens with zero attached hydrogens (tertiary/aromatic N) is 1. The van der Waals surface area contributed by atoms with E-state index in [4.69, 9.17) is 4.74 Å². The van der Waals surface area contributed by atoms with Crippen molar-refractivity contribution in [2.45, 2.75) is 116 Å². The smallest absolute Gasteiger partial charge is 0.330 e. The Labute approximate surface area is 156 Å². The second-order valence-electron chi connectivity index (χ2n) is 8.96. The molecule has 0 radical (unpaired) electrons. The van der Waals surface area contributed by atoms with Gasteiger partial charge in [0.15, 0.2) is 0 Å². The van der Waals surface area contributed by atoms with Gasteiger partial charge in [-0.25, -0.2) is 4.79 Å². The van der Waals surface area contributed by atoms with Gasteiger partial charge in [-0.2, -0.15) is 0 Å². The zero-order chi connectivity index (χ0) is 18.9. The van der Waals surface area contributed by atoms with Gasteiger partial charge in [0.05, 0.1) is 0 Å². The summed E-state index contributed by atoms with van der Waals surface area (Å²) >= 11 is 0. The second kappa shape index (κ2) is 10.4. The maximum atomic E-state index is 12.1.